The number of likely N-dealkylation sites (tertiary alicyclic amines) is 1. The molecule has 17 heavy (non-hydrogen) atoms. The van der Waals surface area contributed by atoms with E-state index in [1.165, 1.54) is 32.1 Å². The number of carbonyl (C=O) groups is 1. The van der Waals surface area contributed by atoms with E-state index in [0.717, 1.165) is 31.8 Å². The van der Waals surface area contributed by atoms with Crippen molar-refractivity contribution in [2.45, 2.75) is 57.9 Å². The van der Waals surface area contributed by atoms with Gasteiger partial charge in [-0.1, -0.05) is 39.0 Å². The summed E-state index contributed by atoms with van der Waals surface area (Å²) in [7, 11) is 0. The van der Waals surface area contributed by atoms with Crippen LogP contribution in [0.15, 0.2) is 0 Å². The average Bonchev–Trinajstić information content (AvgIpc) is 2.77. The normalized spacial score (nSPS) is 28.4. The zero-order chi connectivity index (χ0) is 12.3. The summed E-state index contributed by atoms with van der Waals surface area (Å²) in [6, 6.07) is 0.212. The van der Waals surface area contributed by atoms with Gasteiger partial charge < -0.3 is 10.6 Å². The number of hydrogen-bond donors (Lipinski definition) is 1. The molecule has 0 spiro atoms. The smallest absolute Gasteiger partial charge is 0.222 e. The Hall–Kier alpha value is -0.570. The van der Waals surface area contributed by atoms with Crippen LogP contribution in [0.1, 0.15) is 51.9 Å². The number of hydrogen-bond acceptors (Lipinski definition) is 2. The third kappa shape index (κ3) is 3.44. The van der Waals surface area contributed by atoms with Gasteiger partial charge in [0.2, 0.25) is 5.91 Å². The predicted octanol–water partition coefficient (Wildman–Crippen LogP) is 2.15. The van der Waals surface area contributed by atoms with Crippen molar-refractivity contribution in [1.82, 2.24) is 4.90 Å². The third-order valence-electron chi connectivity index (χ3n) is 4.53. The van der Waals surface area contributed by atoms with Crippen LogP contribution in [-0.4, -0.2) is 29.9 Å². The van der Waals surface area contributed by atoms with Crippen molar-refractivity contribution >= 4 is 5.91 Å². The fourth-order valence-electron chi connectivity index (χ4n) is 3.29. The summed E-state index contributed by atoms with van der Waals surface area (Å²) < 4.78 is 0. The van der Waals surface area contributed by atoms with Crippen molar-refractivity contribution in [2.75, 3.05) is 13.1 Å². The highest BCUT2D eigenvalue weighted by molar-refractivity contribution is 5.76. The van der Waals surface area contributed by atoms with Gasteiger partial charge in [0.15, 0.2) is 0 Å². The van der Waals surface area contributed by atoms with Gasteiger partial charge in [-0.15, -0.1) is 0 Å². The Morgan fingerprint density at radius 1 is 1.29 bits per heavy atom. The van der Waals surface area contributed by atoms with E-state index >= 15 is 0 Å². The highest BCUT2D eigenvalue weighted by Crippen LogP contribution is 2.31. The summed E-state index contributed by atoms with van der Waals surface area (Å²) in [5.74, 6) is 1.67. The molecule has 1 heterocycles. The van der Waals surface area contributed by atoms with Gasteiger partial charge in [-0.3, -0.25) is 4.79 Å². The summed E-state index contributed by atoms with van der Waals surface area (Å²) in [4.78, 5) is 14.1. The van der Waals surface area contributed by atoms with Gasteiger partial charge in [-0.2, -0.15) is 0 Å². The molecule has 1 aliphatic heterocycles. The molecule has 2 rings (SSSR count). The first-order valence-electron chi connectivity index (χ1n) is 7.20. The van der Waals surface area contributed by atoms with E-state index in [4.69, 9.17) is 5.73 Å². The monoisotopic (exact) mass is 238 g/mol. The molecule has 1 aliphatic carbocycles. The first kappa shape index (κ1) is 12.9. The minimum atomic E-state index is 0.212. The van der Waals surface area contributed by atoms with Gasteiger partial charge in [-0.05, 0) is 18.3 Å². The molecule has 2 aliphatic rings. The minimum absolute atomic E-state index is 0.212. The fourth-order valence-corrected chi connectivity index (χ4v) is 3.29. The van der Waals surface area contributed by atoms with E-state index in [2.05, 4.69) is 6.92 Å². The number of nitrogens with two attached hydrogens (primary N) is 1. The number of amides is 1. The Morgan fingerprint density at radius 3 is 2.59 bits per heavy atom. The van der Waals surface area contributed by atoms with Crippen LogP contribution in [0.5, 0.6) is 0 Å². The Bertz CT molecular complexity index is 261. The molecule has 98 valence electrons. The quantitative estimate of drug-likeness (QED) is 0.819. The van der Waals surface area contributed by atoms with Gasteiger partial charge in [0.05, 0.1) is 0 Å². The highest BCUT2D eigenvalue weighted by atomic mass is 16.2. The molecule has 0 bridgehead atoms. The molecule has 3 heteroatoms. The molecule has 0 aromatic heterocycles. The maximum atomic E-state index is 12.1. The van der Waals surface area contributed by atoms with Crippen LogP contribution in [0.2, 0.25) is 0 Å². The fraction of sp³-hybridized carbons (Fsp3) is 0.929. The molecule has 1 saturated carbocycles. The first-order valence-corrected chi connectivity index (χ1v) is 7.20. The van der Waals surface area contributed by atoms with Crippen molar-refractivity contribution in [2.24, 2.45) is 17.6 Å². The average molecular weight is 238 g/mol. The Balaban J connectivity index is 1.77. The van der Waals surface area contributed by atoms with Crippen LogP contribution in [0.3, 0.4) is 0 Å². The van der Waals surface area contributed by atoms with Crippen LogP contribution in [-0.2, 0) is 4.79 Å². The van der Waals surface area contributed by atoms with Gasteiger partial charge in [-0.25, -0.2) is 0 Å². The second-order valence-electron chi connectivity index (χ2n) is 5.97. The lowest BCUT2D eigenvalue weighted by atomic mass is 9.79. The molecular weight excluding hydrogens is 212 g/mol. The summed E-state index contributed by atoms with van der Waals surface area (Å²) in [5.41, 5.74) is 5.84. The van der Waals surface area contributed by atoms with Gasteiger partial charge in [0.25, 0.3) is 0 Å². The van der Waals surface area contributed by atoms with Gasteiger partial charge in [0, 0.05) is 25.6 Å². The van der Waals surface area contributed by atoms with Crippen molar-refractivity contribution in [1.29, 1.82) is 0 Å². The number of nitrogens with zero attached hydrogens (tertiary/aromatic N) is 1. The van der Waals surface area contributed by atoms with E-state index < -0.39 is 0 Å². The van der Waals surface area contributed by atoms with Crippen LogP contribution in [0.25, 0.3) is 0 Å². The Morgan fingerprint density at radius 2 is 2.00 bits per heavy atom. The van der Waals surface area contributed by atoms with E-state index in [1.54, 1.807) is 0 Å². The lowest BCUT2D eigenvalue weighted by molar-refractivity contribution is -0.131. The maximum Gasteiger partial charge on any atom is 0.222 e. The van der Waals surface area contributed by atoms with Crippen molar-refractivity contribution < 1.29 is 4.79 Å². The van der Waals surface area contributed by atoms with Crippen LogP contribution in [0.4, 0.5) is 0 Å². The topological polar surface area (TPSA) is 46.3 Å². The standard InChI is InChI=1S/C14H26N2O/c1-11(12-5-3-2-4-6-12)9-14(17)16-8-7-13(15)10-16/h11-13H,2-10,15H2,1H3/t11?,13-/m1/s1. The molecule has 0 radical (unpaired) electrons. The lowest BCUT2D eigenvalue weighted by Crippen LogP contribution is -2.33. The van der Waals surface area contributed by atoms with Gasteiger partial charge >= 0.3 is 0 Å². The molecule has 0 aromatic carbocycles. The first-order chi connectivity index (χ1) is 8.16. The predicted molar refractivity (Wildman–Crippen MR) is 69.5 cm³/mol. The molecular formula is C14H26N2O. The molecule has 1 saturated heterocycles. The molecule has 2 atom stereocenters. The second kappa shape index (κ2) is 5.85. The van der Waals surface area contributed by atoms with Crippen molar-refractivity contribution in [3.8, 4) is 0 Å². The van der Waals surface area contributed by atoms with Crippen LogP contribution in [0, 0.1) is 11.8 Å². The third-order valence-corrected chi connectivity index (χ3v) is 4.53. The highest BCUT2D eigenvalue weighted by Gasteiger charge is 2.27. The SMILES string of the molecule is CC(CC(=O)N1CC[C@@H](N)C1)C1CCCCC1. The number of rotatable bonds is 3. The summed E-state index contributed by atoms with van der Waals surface area (Å²) in [6.45, 7) is 3.90. The molecule has 1 unspecified atom stereocenters. The number of carbonyl (C=O) groups excluding carboxylic acids is 1. The van der Waals surface area contributed by atoms with Crippen LogP contribution < -0.4 is 5.73 Å². The molecule has 2 N–H and O–H groups in total. The van der Waals surface area contributed by atoms with Crippen molar-refractivity contribution in [3.05, 3.63) is 0 Å². The molecule has 3 nitrogen and oxygen atoms in total. The second-order valence-corrected chi connectivity index (χ2v) is 5.97. The lowest BCUT2D eigenvalue weighted by Gasteiger charge is -2.28. The van der Waals surface area contributed by atoms with E-state index in [0.29, 0.717) is 11.8 Å². The summed E-state index contributed by atoms with van der Waals surface area (Å²) in [5, 5.41) is 0. The minimum Gasteiger partial charge on any atom is -0.341 e. The van der Waals surface area contributed by atoms with E-state index in [1.807, 2.05) is 4.90 Å². The van der Waals surface area contributed by atoms with Crippen molar-refractivity contribution in [3.63, 3.8) is 0 Å². The Labute approximate surface area is 105 Å². The molecule has 1 amide bonds. The summed E-state index contributed by atoms with van der Waals surface area (Å²) in [6.07, 6.45) is 8.47. The van der Waals surface area contributed by atoms with Crippen LogP contribution >= 0.6 is 0 Å². The van der Waals surface area contributed by atoms with E-state index in [-0.39, 0.29) is 6.04 Å². The summed E-state index contributed by atoms with van der Waals surface area (Å²) >= 11 is 0. The zero-order valence-electron chi connectivity index (χ0n) is 11.0. The molecule has 0 aromatic rings. The van der Waals surface area contributed by atoms with Gasteiger partial charge in [0.1, 0.15) is 0 Å². The maximum absolute atomic E-state index is 12.1. The zero-order valence-corrected chi connectivity index (χ0v) is 11.0. The van der Waals surface area contributed by atoms with E-state index in [9.17, 15) is 4.79 Å². The Kier molecular flexibility index (Phi) is 4.43. The molecule has 2 fully saturated rings. The largest absolute Gasteiger partial charge is 0.341 e.